The third-order valence-corrected chi connectivity index (χ3v) is 11.0. The Kier molecular flexibility index (Phi) is 8.03. The number of hydrogen-bond acceptors (Lipinski definition) is 0. The van der Waals surface area contributed by atoms with Gasteiger partial charge in [-0.2, -0.15) is 0 Å². The number of para-hydroxylation sites is 2. The summed E-state index contributed by atoms with van der Waals surface area (Å²) in [6, 6.07) is 49.1. The Morgan fingerprint density at radius 2 is 0.942 bits per heavy atom. The predicted molar refractivity (Wildman–Crippen MR) is 228 cm³/mol. The van der Waals surface area contributed by atoms with Gasteiger partial charge < -0.3 is 4.57 Å². The van der Waals surface area contributed by atoms with E-state index in [9.17, 15) is 0 Å². The van der Waals surface area contributed by atoms with E-state index >= 15 is 0 Å². The molecule has 0 fully saturated rings. The molecule has 0 saturated heterocycles. The van der Waals surface area contributed by atoms with Gasteiger partial charge in [0.05, 0.1) is 11.0 Å². The van der Waals surface area contributed by atoms with Crippen molar-refractivity contribution in [2.24, 2.45) is 0 Å². The molecule has 258 valence electrons. The molecule has 0 N–H and O–H groups in total. The van der Waals surface area contributed by atoms with Gasteiger partial charge in [-0.3, -0.25) is 0 Å². The number of aryl methyl sites for hydroxylation is 3. The molecular formula is C51H49N. The molecule has 0 unspecified atom stereocenters. The predicted octanol–water partition coefficient (Wildman–Crippen LogP) is 14.6. The van der Waals surface area contributed by atoms with Gasteiger partial charge in [0.15, 0.2) is 0 Å². The van der Waals surface area contributed by atoms with E-state index in [0.717, 1.165) is 0 Å². The van der Waals surface area contributed by atoms with Crippen LogP contribution in [0, 0.1) is 20.8 Å². The van der Waals surface area contributed by atoms with Crippen molar-refractivity contribution in [3.05, 3.63) is 161 Å². The fourth-order valence-electron chi connectivity index (χ4n) is 8.54. The highest BCUT2D eigenvalue weighted by Gasteiger charge is 2.29. The molecule has 0 saturated carbocycles. The van der Waals surface area contributed by atoms with Crippen molar-refractivity contribution in [1.29, 1.82) is 0 Å². The number of fused-ring (bicyclic) bond motifs is 4. The number of benzene rings is 8. The molecule has 0 amide bonds. The molecule has 1 nitrogen and oxygen atoms in total. The molecule has 9 rings (SSSR count). The van der Waals surface area contributed by atoms with Crippen LogP contribution in [0.5, 0.6) is 0 Å². The second kappa shape index (κ2) is 12.4. The summed E-state index contributed by atoms with van der Waals surface area (Å²) in [5, 5.41) is 10.9. The van der Waals surface area contributed by atoms with Crippen LogP contribution >= 0.6 is 0 Å². The summed E-state index contributed by atoms with van der Waals surface area (Å²) in [5.41, 5.74) is 13.1. The van der Waals surface area contributed by atoms with Gasteiger partial charge in [-0.15, -0.1) is 0 Å². The van der Waals surface area contributed by atoms with Crippen LogP contribution in [0.2, 0.25) is 0 Å². The monoisotopic (exact) mass is 675 g/mol. The Bertz CT molecular complexity index is 2750. The minimum Gasteiger partial charge on any atom is -0.309 e. The second-order valence-electron chi connectivity index (χ2n) is 16.8. The lowest BCUT2D eigenvalue weighted by atomic mass is 9.74. The van der Waals surface area contributed by atoms with Gasteiger partial charge in [0.2, 0.25) is 0 Å². The summed E-state index contributed by atoms with van der Waals surface area (Å²) >= 11 is 0. The molecule has 1 aromatic heterocycles. The molecule has 1 heteroatoms. The van der Waals surface area contributed by atoms with E-state index < -0.39 is 0 Å². The highest BCUT2D eigenvalue weighted by molar-refractivity contribution is 6.35. The summed E-state index contributed by atoms with van der Waals surface area (Å²) in [6.07, 6.45) is 0. The maximum Gasteiger partial charge on any atom is 0.0553 e. The zero-order valence-corrected chi connectivity index (χ0v) is 32.1. The molecule has 0 aliphatic rings. The molecular weight excluding hydrogens is 627 g/mol. The first-order chi connectivity index (χ1) is 24.8. The molecule has 0 aliphatic carbocycles. The Morgan fingerprint density at radius 3 is 1.56 bits per heavy atom. The Hall–Kier alpha value is -5.40. The van der Waals surface area contributed by atoms with E-state index in [1.165, 1.54) is 98.8 Å². The average Bonchev–Trinajstić information content (AvgIpc) is 3.44. The van der Waals surface area contributed by atoms with Crippen LogP contribution in [-0.2, 0) is 10.8 Å². The second-order valence-corrected chi connectivity index (χ2v) is 16.8. The van der Waals surface area contributed by atoms with E-state index in [1.807, 2.05) is 18.2 Å². The number of rotatable bonds is 2. The van der Waals surface area contributed by atoms with Crippen LogP contribution < -0.4 is 0 Å². The van der Waals surface area contributed by atoms with Gasteiger partial charge in [-0.1, -0.05) is 144 Å². The molecule has 0 atom stereocenters. The van der Waals surface area contributed by atoms with E-state index in [2.05, 4.69) is 182 Å². The van der Waals surface area contributed by atoms with Gasteiger partial charge in [0.1, 0.15) is 0 Å². The van der Waals surface area contributed by atoms with E-state index in [-0.39, 0.29) is 10.8 Å². The summed E-state index contributed by atoms with van der Waals surface area (Å²) in [5.74, 6) is 0. The fraction of sp³-hybridized carbons (Fsp3) is 0.216. The topological polar surface area (TPSA) is 4.93 Å². The van der Waals surface area contributed by atoms with E-state index in [0.29, 0.717) is 0 Å². The fourth-order valence-corrected chi connectivity index (χ4v) is 8.54. The molecule has 8 aromatic carbocycles. The average molecular weight is 676 g/mol. The largest absolute Gasteiger partial charge is 0.309 e. The molecule has 1 heterocycles. The van der Waals surface area contributed by atoms with Crippen molar-refractivity contribution in [1.82, 2.24) is 4.57 Å². The first-order valence-electron chi connectivity index (χ1n) is 18.7. The third kappa shape index (κ3) is 5.46. The van der Waals surface area contributed by atoms with Crippen LogP contribution in [0.25, 0.3) is 70.9 Å². The third-order valence-electron chi connectivity index (χ3n) is 11.0. The quantitative estimate of drug-likeness (QED) is 0.161. The summed E-state index contributed by atoms with van der Waals surface area (Å²) in [7, 11) is 0. The molecule has 9 aromatic rings. The number of aromatic nitrogens is 1. The molecule has 0 spiro atoms. The van der Waals surface area contributed by atoms with E-state index in [4.69, 9.17) is 0 Å². The summed E-state index contributed by atoms with van der Waals surface area (Å²) < 4.78 is 2.48. The zero-order valence-electron chi connectivity index (χ0n) is 32.1. The lowest BCUT2D eigenvalue weighted by Crippen LogP contribution is -2.14. The van der Waals surface area contributed by atoms with Crippen molar-refractivity contribution >= 4 is 54.1 Å². The van der Waals surface area contributed by atoms with Crippen molar-refractivity contribution in [2.75, 3.05) is 0 Å². The number of hydrogen-bond donors (Lipinski definition) is 0. The Morgan fingerprint density at radius 1 is 0.404 bits per heavy atom. The van der Waals surface area contributed by atoms with Crippen molar-refractivity contribution < 1.29 is 0 Å². The van der Waals surface area contributed by atoms with Crippen molar-refractivity contribution in [2.45, 2.75) is 73.1 Å². The molecule has 0 radical (unpaired) electrons. The maximum absolute atomic E-state index is 2.55. The minimum atomic E-state index is -0.0519. The first-order valence-corrected chi connectivity index (χ1v) is 18.7. The number of nitrogens with zero attached hydrogens (tertiary/aromatic N) is 1. The minimum absolute atomic E-state index is 0.0315. The van der Waals surface area contributed by atoms with Gasteiger partial charge in [0, 0.05) is 16.5 Å². The lowest BCUT2D eigenvalue weighted by Gasteiger charge is -2.29. The zero-order chi connectivity index (χ0) is 36.5. The summed E-state index contributed by atoms with van der Waals surface area (Å²) in [6.45, 7) is 20.9. The smallest absolute Gasteiger partial charge is 0.0553 e. The van der Waals surface area contributed by atoms with Crippen LogP contribution in [0.3, 0.4) is 0 Å². The van der Waals surface area contributed by atoms with Crippen LogP contribution in [0.1, 0.15) is 69.4 Å². The Labute approximate surface area is 308 Å². The summed E-state index contributed by atoms with van der Waals surface area (Å²) in [4.78, 5) is 0. The molecule has 0 aliphatic heterocycles. The highest BCUT2D eigenvalue weighted by Crippen LogP contribution is 2.51. The standard InChI is InChI=1S/C44H41N.C7H8/c1-26-16-12-13-19-29(26)39-27(2)22-31-35(43(3,4)5)24-34-40-30-20-14-15-21-37(30)45(28-17-10-9-11-18-28)38(40)25-32-36(44(6,7)8)23-33(39)41(31)42(32)34;1-7-5-3-2-4-6-7/h9-25H,1-8H3;2-6H,1H3. The molecule has 0 bridgehead atoms. The van der Waals surface area contributed by atoms with Gasteiger partial charge >= 0.3 is 0 Å². The normalized spacial score (nSPS) is 12.3. The van der Waals surface area contributed by atoms with Crippen LogP contribution in [0.15, 0.2) is 133 Å². The highest BCUT2D eigenvalue weighted by atomic mass is 15.0. The van der Waals surface area contributed by atoms with E-state index in [1.54, 1.807) is 0 Å². The van der Waals surface area contributed by atoms with Gasteiger partial charge in [-0.05, 0) is 134 Å². The lowest BCUT2D eigenvalue weighted by molar-refractivity contribution is 0.595. The van der Waals surface area contributed by atoms with Gasteiger partial charge in [0.25, 0.3) is 0 Å². The van der Waals surface area contributed by atoms with Crippen LogP contribution in [0.4, 0.5) is 0 Å². The van der Waals surface area contributed by atoms with Crippen molar-refractivity contribution in [3.63, 3.8) is 0 Å². The van der Waals surface area contributed by atoms with Crippen LogP contribution in [-0.4, -0.2) is 4.57 Å². The SMILES string of the molecule is Cc1ccccc1.Cc1ccccc1-c1c(C)cc2c(C(C)(C)C)cc3c4c(cc5c3c3ccccc3n5-c3ccccc3)c(C(C)(C)C)cc1c24. The van der Waals surface area contributed by atoms with Gasteiger partial charge in [-0.25, -0.2) is 0 Å². The first kappa shape index (κ1) is 33.7. The Balaban J connectivity index is 0.000000497. The molecule has 52 heavy (non-hydrogen) atoms. The maximum atomic E-state index is 2.55. The van der Waals surface area contributed by atoms with Crippen molar-refractivity contribution in [3.8, 4) is 16.8 Å².